The number of nitrogens with one attached hydrogen (secondary N) is 1. The smallest absolute Gasteiger partial charge is 0.124 e. The van der Waals surface area contributed by atoms with Gasteiger partial charge in [-0.15, -0.1) is 0 Å². The number of rotatable bonds is 8. The number of aromatic nitrogens is 1. The van der Waals surface area contributed by atoms with E-state index in [0.717, 1.165) is 38.1 Å². The number of benzene rings is 1. The van der Waals surface area contributed by atoms with Crippen LogP contribution < -0.4 is 20.3 Å². The van der Waals surface area contributed by atoms with Gasteiger partial charge in [0.1, 0.15) is 5.75 Å². The van der Waals surface area contributed by atoms with Crippen LogP contribution >= 0.6 is 8.58 Å². The van der Waals surface area contributed by atoms with Gasteiger partial charge in [0.15, 0.2) is 0 Å². The van der Waals surface area contributed by atoms with Crippen LogP contribution in [0.2, 0.25) is 0 Å². The first-order valence-electron chi connectivity index (χ1n) is 10.7. The molecule has 29 heavy (non-hydrogen) atoms. The van der Waals surface area contributed by atoms with Crippen LogP contribution in [0.3, 0.4) is 0 Å². The van der Waals surface area contributed by atoms with Crippen molar-refractivity contribution in [3.63, 3.8) is 0 Å². The van der Waals surface area contributed by atoms with Crippen molar-refractivity contribution < 1.29 is 4.74 Å². The standard InChI is InChI=1S/C24H36N3OP/c1-16-12-21(13-17(2)24(16)28-6)29-23-9-7-8-22(23)18(3)26-15-19-14-20(27(4)5)10-11-25-19/h10-14,18,22-23,26,29H,7-9,15H2,1-6H3/t18-,22?,23?/m1/s1. The molecule has 4 atom stereocenters. The van der Waals surface area contributed by atoms with E-state index in [9.17, 15) is 0 Å². The van der Waals surface area contributed by atoms with Crippen LogP contribution in [-0.4, -0.2) is 37.9 Å². The Morgan fingerprint density at radius 1 is 1.21 bits per heavy atom. The van der Waals surface area contributed by atoms with Gasteiger partial charge in [-0.2, -0.15) is 0 Å². The molecule has 3 rings (SSSR count). The Bertz CT molecular complexity index is 801. The van der Waals surface area contributed by atoms with Crippen molar-refractivity contribution in [1.29, 1.82) is 0 Å². The average molecular weight is 414 g/mol. The number of hydrogen-bond donors (Lipinski definition) is 1. The van der Waals surface area contributed by atoms with Crippen molar-refractivity contribution in [2.45, 2.75) is 58.3 Å². The minimum Gasteiger partial charge on any atom is -0.496 e. The molecule has 1 aromatic carbocycles. The molecule has 0 saturated heterocycles. The van der Waals surface area contributed by atoms with Crippen molar-refractivity contribution in [1.82, 2.24) is 10.3 Å². The SMILES string of the molecule is COc1c(C)cc(PC2CCCC2[C@@H](C)NCc2cc(N(C)C)ccn2)cc1C. The summed E-state index contributed by atoms with van der Waals surface area (Å²) in [5.41, 5.74) is 5.59. The fourth-order valence-corrected chi connectivity index (χ4v) is 6.64. The number of hydrogen-bond acceptors (Lipinski definition) is 4. The third-order valence-corrected chi connectivity index (χ3v) is 7.86. The Hall–Kier alpha value is -1.64. The van der Waals surface area contributed by atoms with Crippen LogP contribution in [0.25, 0.3) is 0 Å². The highest BCUT2D eigenvalue weighted by Gasteiger charge is 2.31. The molecule has 0 spiro atoms. The molecule has 1 aliphatic carbocycles. The first-order valence-corrected chi connectivity index (χ1v) is 11.7. The van der Waals surface area contributed by atoms with Gasteiger partial charge in [0.05, 0.1) is 12.8 Å². The summed E-state index contributed by atoms with van der Waals surface area (Å²) >= 11 is 0. The Labute approximate surface area is 178 Å². The Morgan fingerprint density at radius 3 is 2.59 bits per heavy atom. The maximum atomic E-state index is 5.54. The summed E-state index contributed by atoms with van der Waals surface area (Å²) in [5, 5.41) is 5.24. The maximum Gasteiger partial charge on any atom is 0.124 e. The largest absolute Gasteiger partial charge is 0.496 e. The predicted octanol–water partition coefficient (Wildman–Crippen LogP) is 4.42. The third-order valence-electron chi connectivity index (χ3n) is 6.15. The van der Waals surface area contributed by atoms with Crippen molar-refractivity contribution in [3.8, 4) is 5.75 Å². The monoisotopic (exact) mass is 413 g/mol. The van der Waals surface area contributed by atoms with Crippen LogP contribution in [0.4, 0.5) is 5.69 Å². The zero-order chi connectivity index (χ0) is 21.0. The van der Waals surface area contributed by atoms with Gasteiger partial charge in [0.25, 0.3) is 0 Å². The number of ether oxygens (including phenoxy) is 1. The number of pyridine rings is 1. The highest BCUT2D eigenvalue weighted by molar-refractivity contribution is 7.48. The molecule has 0 radical (unpaired) electrons. The first-order chi connectivity index (χ1) is 13.9. The molecule has 4 nitrogen and oxygen atoms in total. The lowest BCUT2D eigenvalue weighted by molar-refractivity contribution is 0.384. The molecule has 158 valence electrons. The molecule has 0 amide bonds. The molecule has 0 bridgehead atoms. The fraction of sp³-hybridized carbons (Fsp3) is 0.542. The third kappa shape index (κ3) is 5.49. The zero-order valence-corrected chi connectivity index (χ0v) is 19.7. The predicted molar refractivity (Wildman–Crippen MR) is 126 cm³/mol. The van der Waals surface area contributed by atoms with Gasteiger partial charge in [0.2, 0.25) is 0 Å². The van der Waals surface area contributed by atoms with Crippen LogP contribution in [-0.2, 0) is 6.54 Å². The highest BCUT2D eigenvalue weighted by Crippen LogP contribution is 2.41. The number of anilines is 1. The Morgan fingerprint density at radius 2 is 1.93 bits per heavy atom. The molecule has 0 aliphatic heterocycles. The lowest BCUT2D eigenvalue weighted by Crippen LogP contribution is -2.36. The normalized spacial score (nSPS) is 20.3. The second-order valence-corrected chi connectivity index (χ2v) is 10.2. The summed E-state index contributed by atoms with van der Waals surface area (Å²) in [4.78, 5) is 6.67. The topological polar surface area (TPSA) is 37.4 Å². The minimum atomic E-state index is 0.500. The van der Waals surface area contributed by atoms with E-state index in [1.807, 2.05) is 6.20 Å². The average Bonchev–Trinajstić information content (AvgIpc) is 3.14. The second-order valence-electron chi connectivity index (χ2n) is 8.56. The van der Waals surface area contributed by atoms with Crippen LogP contribution in [0.5, 0.6) is 5.75 Å². The van der Waals surface area contributed by atoms with E-state index in [1.165, 1.54) is 41.4 Å². The summed E-state index contributed by atoms with van der Waals surface area (Å²) in [6, 6.07) is 9.39. The molecular formula is C24H36N3OP. The van der Waals surface area contributed by atoms with Gasteiger partial charge in [-0.05, 0) is 85.9 Å². The summed E-state index contributed by atoms with van der Waals surface area (Å²) in [6.45, 7) is 7.50. The second kappa shape index (κ2) is 9.91. The van der Waals surface area contributed by atoms with Crippen molar-refractivity contribution in [3.05, 3.63) is 47.3 Å². The van der Waals surface area contributed by atoms with Gasteiger partial charge < -0.3 is 15.0 Å². The van der Waals surface area contributed by atoms with E-state index in [1.54, 1.807) is 7.11 Å². The van der Waals surface area contributed by atoms with E-state index in [2.05, 4.69) is 74.3 Å². The molecule has 2 aromatic rings. The maximum absolute atomic E-state index is 5.54. The molecule has 1 fully saturated rings. The molecule has 1 heterocycles. The summed E-state index contributed by atoms with van der Waals surface area (Å²) < 4.78 is 5.54. The van der Waals surface area contributed by atoms with Crippen molar-refractivity contribution in [2.24, 2.45) is 5.92 Å². The van der Waals surface area contributed by atoms with Gasteiger partial charge in [-0.1, -0.05) is 15.0 Å². The zero-order valence-electron chi connectivity index (χ0n) is 18.7. The number of aryl methyl sites for hydroxylation is 2. The Kier molecular flexibility index (Phi) is 7.54. The van der Waals surface area contributed by atoms with E-state index < -0.39 is 0 Å². The molecule has 1 saturated carbocycles. The van der Waals surface area contributed by atoms with Gasteiger partial charge in [-0.3, -0.25) is 4.98 Å². The van der Waals surface area contributed by atoms with Gasteiger partial charge >= 0.3 is 0 Å². The van der Waals surface area contributed by atoms with E-state index in [4.69, 9.17) is 4.74 Å². The quantitative estimate of drug-likeness (QED) is 0.650. The van der Waals surface area contributed by atoms with Crippen molar-refractivity contribution >= 4 is 19.6 Å². The summed E-state index contributed by atoms with van der Waals surface area (Å²) in [6.07, 6.45) is 5.92. The van der Waals surface area contributed by atoms with E-state index >= 15 is 0 Å². The lowest BCUT2D eigenvalue weighted by Gasteiger charge is -2.27. The van der Waals surface area contributed by atoms with Crippen LogP contribution in [0.1, 0.15) is 43.0 Å². The molecular weight excluding hydrogens is 377 g/mol. The highest BCUT2D eigenvalue weighted by atomic mass is 31.1. The van der Waals surface area contributed by atoms with Crippen LogP contribution in [0, 0.1) is 19.8 Å². The number of methoxy groups -OCH3 is 1. The van der Waals surface area contributed by atoms with Gasteiger partial charge in [0, 0.05) is 38.6 Å². The molecule has 1 aliphatic rings. The fourth-order valence-electron chi connectivity index (χ4n) is 4.59. The van der Waals surface area contributed by atoms with Gasteiger partial charge in [-0.25, -0.2) is 0 Å². The molecule has 1 N–H and O–H groups in total. The molecule has 1 aromatic heterocycles. The molecule has 5 heteroatoms. The minimum absolute atomic E-state index is 0.500. The van der Waals surface area contributed by atoms with Crippen LogP contribution in [0.15, 0.2) is 30.5 Å². The lowest BCUT2D eigenvalue weighted by atomic mass is 9.99. The number of nitrogens with zero attached hydrogens (tertiary/aromatic N) is 2. The Balaban J connectivity index is 1.62. The molecule has 3 unspecified atom stereocenters. The van der Waals surface area contributed by atoms with E-state index in [-0.39, 0.29) is 0 Å². The summed E-state index contributed by atoms with van der Waals surface area (Å²) in [7, 11) is 6.78. The first kappa shape index (κ1) is 22.1. The van der Waals surface area contributed by atoms with Crippen molar-refractivity contribution in [2.75, 3.05) is 26.1 Å². The van der Waals surface area contributed by atoms with E-state index in [0.29, 0.717) is 6.04 Å². The summed E-state index contributed by atoms with van der Waals surface area (Å²) in [5.74, 6) is 1.76.